The molecule has 2 saturated heterocycles. The molecule has 0 aliphatic carbocycles. The Hall–Kier alpha value is -2.22. The van der Waals surface area contributed by atoms with Gasteiger partial charge in [-0.3, -0.25) is 19.0 Å². The van der Waals surface area contributed by atoms with Crippen LogP contribution < -0.4 is 0 Å². The van der Waals surface area contributed by atoms with Crippen LogP contribution in [-0.4, -0.2) is 69.8 Å². The number of carbonyl (C=O) groups excluding carboxylic acids is 1. The van der Waals surface area contributed by atoms with Crippen LogP contribution in [0.1, 0.15) is 47.1 Å². The lowest BCUT2D eigenvalue weighted by molar-refractivity contribution is 0.0709. The number of likely N-dealkylation sites (tertiary alicyclic amines) is 1. The minimum absolute atomic E-state index is 0.106. The van der Waals surface area contributed by atoms with Crippen LogP contribution in [0.5, 0.6) is 0 Å². The number of piperidine rings is 1. The lowest BCUT2D eigenvalue weighted by Crippen LogP contribution is -2.46. The van der Waals surface area contributed by atoms with Gasteiger partial charge in [0.2, 0.25) is 0 Å². The van der Waals surface area contributed by atoms with Crippen LogP contribution in [0.3, 0.4) is 0 Å². The molecule has 158 valence electrons. The average Bonchev–Trinajstić information content (AvgIpc) is 3.38. The zero-order chi connectivity index (χ0) is 20.5. The fraction of sp³-hybridized carbons (Fsp3) is 0.478. The molecule has 2 aliphatic rings. The minimum atomic E-state index is 0.106. The predicted octanol–water partition coefficient (Wildman–Crippen LogP) is 3.51. The van der Waals surface area contributed by atoms with E-state index in [-0.39, 0.29) is 5.91 Å². The molecule has 1 aromatic carbocycles. The van der Waals surface area contributed by atoms with Crippen LogP contribution in [0.15, 0.2) is 41.9 Å². The minimum Gasteiger partial charge on any atom is -0.337 e. The van der Waals surface area contributed by atoms with Crippen molar-refractivity contribution in [3.05, 3.63) is 58.9 Å². The Morgan fingerprint density at radius 3 is 2.70 bits per heavy atom. The number of aromatic nitrogens is 2. The molecular weight excluding hydrogens is 394 g/mol. The fourth-order valence-corrected chi connectivity index (χ4v) is 5.46. The number of thiazole rings is 1. The standard InChI is InChI=1S/C23H29N5OS/c1-25-12-13-26(16-19(25)18-8-4-2-5-9-18)17-20-21(24-23-28(20)14-15-30-23)22(29)27-10-6-3-7-11-27/h2,4-5,8-9,14-15,19H,3,6-7,10-13,16-17H2,1H3/t19-/m1/s1. The van der Waals surface area contributed by atoms with Crippen molar-refractivity contribution in [1.82, 2.24) is 24.1 Å². The highest BCUT2D eigenvalue weighted by Crippen LogP contribution is 2.27. The molecule has 1 atom stereocenters. The maximum atomic E-state index is 13.3. The summed E-state index contributed by atoms with van der Waals surface area (Å²) in [5, 5.41) is 2.05. The highest BCUT2D eigenvalue weighted by Gasteiger charge is 2.30. The van der Waals surface area contributed by atoms with Gasteiger partial charge in [-0.05, 0) is 31.9 Å². The van der Waals surface area contributed by atoms with E-state index in [2.05, 4.69) is 63.2 Å². The van der Waals surface area contributed by atoms with E-state index in [4.69, 9.17) is 4.98 Å². The average molecular weight is 424 g/mol. The maximum absolute atomic E-state index is 13.3. The molecule has 0 saturated carbocycles. The van der Waals surface area contributed by atoms with E-state index < -0.39 is 0 Å². The van der Waals surface area contributed by atoms with E-state index in [0.29, 0.717) is 11.7 Å². The van der Waals surface area contributed by atoms with E-state index in [1.807, 2.05) is 4.90 Å². The number of likely N-dealkylation sites (N-methyl/N-ethyl adjacent to an activating group) is 1. The summed E-state index contributed by atoms with van der Waals surface area (Å²) in [5.41, 5.74) is 3.04. The molecule has 30 heavy (non-hydrogen) atoms. The number of rotatable bonds is 4. The van der Waals surface area contributed by atoms with Crippen molar-refractivity contribution in [1.29, 1.82) is 0 Å². The molecule has 3 aromatic rings. The number of amides is 1. The van der Waals surface area contributed by atoms with Gasteiger partial charge in [0.25, 0.3) is 5.91 Å². The summed E-state index contributed by atoms with van der Waals surface area (Å²) in [5.74, 6) is 0.106. The number of imidazole rings is 1. The monoisotopic (exact) mass is 423 g/mol. The van der Waals surface area contributed by atoms with Crippen LogP contribution >= 0.6 is 11.3 Å². The molecule has 5 rings (SSSR count). The largest absolute Gasteiger partial charge is 0.337 e. The predicted molar refractivity (Wildman–Crippen MR) is 120 cm³/mol. The molecule has 0 N–H and O–H groups in total. The quantitative estimate of drug-likeness (QED) is 0.644. The lowest BCUT2D eigenvalue weighted by Gasteiger charge is -2.39. The summed E-state index contributed by atoms with van der Waals surface area (Å²) in [6.07, 6.45) is 5.47. The number of hydrogen-bond donors (Lipinski definition) is 0. The molecule has 6 nitrogen and oxygen atoms in total. The zero-order valence-corrected chi connectivity index (χ0v) is 18.4. The number of piperazine rings is 1. The summed E-state index contributed by atoms with van der Waals surface area (Å²) in [6.45, 7) is 5.43. The van der Waals surface area contributed by atoms with Crippen molar-refractivity contribution < 1.29 is 4.79 Å². The van der Waals surface area contributed by atoms with E-state index in [0.717, 1.165) is 62.8 Å². The second kappa shape index (κ2) is 8.49. The summed E-state index contributed by atoms with van der Waals surface area (Å²) >= 11 is 1.60. The molecule has 0 spiro atoms. The molecule has 0 unspecified atom stereocenters. The van der Waals surface area contributed by atoms with Crippen molar-refractivity contribution in [2.75, 3.05) is 39.8 Å². The van der Waals surface area contributed by atoms with Crippen molar-refractivity contribution in [3.8, 4) is 0 Å². The van der Waals surface area contributed by atoms with Gasteiger partial charge in [-0.2, -0.15) is 0 Å². The molecule has 7 heteroatoms. The Balaban J connectivity index is 1.40. The first-order chi connectivity index (χ1) is 14.7. The first-order valence-corrected chi connectivity index (χ1v) is 11.8. The lowest BCUT2D eigenvalue weighted by atomic mass is 10.0. The first kappa shape index (κ1) is 19.7. The van der Waals surface area contributed by atoms with Gasteiger partial charge in [-0.15, -0.1) is 11.3 Å². The summed E-state index contributed by atoms with van der Waals surface area (Å²) in [4.78, 5) is 25.9. The molecule has 2 aromatic heterocycles. The molecular formula is C23H29N5OS. The number of fused-ring (bicyclic) bond motifs is 1. The van der Waals surface area contributed by atoms with Gasteiger partial charge in [0.1, 0.15) is 0 Å². The van der Waals surface area contributed by atoms with Crippen LogP contribution in [0, 0.1) is 0 Å². The maximum Gasteiger partial charge on any atom is 0.274 e. The van der Waals surface area contributed by atoms with E-state index in [9.17, 15) is 4.79 Å². The third kappa shape index (κ3) is 3.77. The Morgan fingerprint density at radius 1 is 1.10 bits per heavy atom. The Bertz CT molecular complexity index is 1010. The van der Waals surface area contributed by atoms with Crippen molar-refractivity contribution in [2.24, 2.45) is 0 Å². The topological polar surface area (TPSA) is 44.1 Å². The summed E-state index contributed by atoms with van der Waals surface area (Å²) < 4.78 is 2.12. The molecule has 0 bridgehead atoms. The normalized spacial score (nSPS) is 21.4. The van der Waals surface area contributed by atoms with Gasteiger partial charge in [0.15, 0.2) is 10.7 Å². The van der Waals surface area contributed by atoms with Crippen molar-refractivity contribution in [3.63, 3.8) is 0 Å². The Kier molecular flexibility index (Phi) is 5.58. The summed E-state index contributed by atoms with van der Waals surface area (Å²) in [6, 6.07) is 11.1. The van der Waals surface area contributed by atoms with Gasteiger partial charge >= 0.3 is 0 Å². The van der Waals surface area contributed by atoms with Gasteiger partial charge in [0, 0.05) is 56.9 Å². The smallest absolute Gasteiger partial charge is 0.274 e. The third-order valence-electron chi connectivity index (χ3n) is 6.50. The van der Waals surface area contributed by atoms with E-state index >= 15 is 0 Å². The number of nitrogens with zero attached hydrogens (tertiary/aromatic N) is 5. The van der Waals surface area contributed by atoms with Crippen LogP contribution in [-0.2, 0) is 6.54 Å². The second-order valence-corrected chi connectivity index (χ2v) is 9.33. The third-order valence-corrected chi connectivity index (χ3v) is 7.25. The van der Waals surface area contributed by atoms with Gasteiger partial charge in [-0.1, -0.05) is 30.3 Å². The molecule has 1 amide bonds. The van der Waals surface area contributed by atoms with Gasteiger partial charge in [0.05, 0.1) is 5.69 Å². The molecule has 0 radical (unpaired) electrons. The van der Waals surface area contributed by atoms with Gasteiger partial charge < -0.3 is 4.90 Å². The Morgan fingerprint density at radius 2 is 1.90 bits per heavy atom. The van der Waals surface area contributed by atoms with Crippen LogP contribution in [0.4, 0.5) is 0 Å². The molecule has 2 aliphatic heterocycles. The van der Waals surface area contributed by atoms with Gasteiger partial charge in [-0.25, -0.2) is 4.98 Å². The SMILES string of the molecule is CN1CCN(Cc2c(C(=O)N3CCCCC3)nc3sccn23)C[C@@H]1c1ccccc1. The molecule has 2 fully saturated rings. The zero-order valence-electron chi connectivity index (χ0n) is 17.5. The Labute approximate surface area is 181 Å². The first-order valence-electron chi connectivity index (χ1n) is 10.9. The highest BCUT2D eigenvalue weighted by atomic mass is 32.1. The van der Waals surface area contributed by atoms with E-state index in [1.165, 1.54) is 12.0 Å². The van der Waals surface area contributed by atoms with Crippen molar-refractivity contribution >= 4 is 22.2 Å². The molecule has 4 heterocycles. The fourth-order valence-electron chi connectivity index (χ4n) is 4.72. The summed E-state index contributed by atoms with van der Waals surface area (Å²) in [7, 11) is 2.20. The van der Waals surface area contributed by atoms with Crippen LogP contribution in [0.2, 0.25) is 0 Å². The highest BCUT2D eigenvalue weighted by molar-refractivity contribution is 7.15. The van der Waals surface area contributed by atoms with Crippen molar-refractivity contribution in [2.45, 2.75) is 31.8 Å². The number of carbonyl (C=O) groups is 1. The van der Waals surface area contributed by atoms with E-state index in [1.54, 1.807) is 11.3 Å². The second-order valence-electron chi connectivity index (χ2n) is 8.46. The number of benzene rings is 1. The van der Waals surface area contributed by atoms with Crippen LogP contribution in [0.25, 0.3) is 4.96 Å². The number of hydrogen-bond acceptors (Lipinski definition) is 5.